The van der Waals surface area contributed by atoms with Gasteiger partial charge in [-0.3, -0.25) is 4.72 Å². The lowest BCUT2D eigenvalue weighted by atomic mass is 9.99. The van der Waals surface area contributed by atoms with Gasteiger partial charge < -0.3 is 10.5 Å². The third-order valence-electron chi connectivity index (χ3n) is 3.51. The van der Waals surface area contributed by atoms with Gasteiger partial charge in [0.1, 0.15) is 5.84 Å². The molecule has 1 heterocycles. The van der Waals surface area contributed by atoms with Crippen LogP contribution in [0.3, 0.4) is 0 Å². The van der Waals surface area contributed by atoms with Gasteiger partial charge in [-0.25, -0.2) is 0 Å². The third-order valence-corrected chi connectivity index (χ3v) is 4.43. The van der Waals surface area contributed by atoms with Crippen molar-refractivity contribution >= 4 is 21.7 Å². The van der Waals surface area contributed by atoms with Crippen LogP contribution in [0.25, 0.3) is 0 Å². The standard InChI is InChI=1S/C12H15N3O3S/c1-18-6-7-5-9(7)8-3-2-4-10-11(8)12(13)15-19(16,17)14-10/h2-4,7,9,14H,5-6H2,1H3,(H2,13,15)/t7-,9+/m1/s1. The van der Waals surface area contributed by atoms with Crippen molar-refractivity contribution in [2.24, 2.45) is 16.0 Å². The first-order chi connectivity index (χ1) is 9.02. The number of benzene rings is 1. The highest BCUT2D eigenvalue weighted by atomic mass is 32.2. The summed E-state index contributed by atoms with van der Waals surface area (Å²) in [6, 6.07) is 5.50. The molecule has 1 aromatic rings. The van der Waals surface area contributed by atoms with E-state index in [1.165, 1.54) is 0 Å². The van der Waals surface area contributed by atoms with E-state index in [0.717, 1.165) is 12.0 Å². The summed E-state index contributed by atoms with van der Waals surface area (Å²) in [4.78, 5) is 0. The van der Waals surface area contributed by atoms with Crippen molar-refractivity contribution in [1.82, 2.24) is 0 Å². The first-order valence-corrected chi connectivity index (χ1v) is 7.46. The van der Waals surface area contributed by atoms with Crippen molar-refractivity contribution in [3.63, 3.8) is 0 Å². The number of nitrogens with one attached hydrogen (secondary N) is 1. The van der Waals surface area contributed by atoms with Gasteiger partial charge in [0.2, 0.25) is 0 Å². The van der Waals surface area contributed by atoms with E-state index in [2.05, 4.69) is 9.12 Å². The number of nitrogens with two attached hydrogens (primary N) is 1. The summed E-state index contributed by atoms with van der Waals surface area (Å²) in [5.41, 5.74) is 8.07. The van der Waals surface area contributed by atoms with Crippen LogP contribution < -0.4 is 10.5 Å². The zero-order chi connectivity index (χ0) is 13.6. The lowest BCUT2D eigenvalue weighted by Crippen LogP contribution is -2.27. The molecule has 7 heteroatoms. The minimum Gasteiger partial charge on any atom is -0.384 e. The molecule has 0 bridgehead atoms. The summed E-state index contributed by atoms with van der Waals surface area (Å²) in [5, 5.41) is 0. The van der Waals surface area contributed by atoms with Gasteiger partial charge in [0.05, 0.1) is 5.69 Å². The van der Waals surface area contributed by atoms with E-state index < -0.39 is 10.2 Å². The molecule has 3 rings (SSSR count). The van der Waals surface area contributed by atoms with E-state index in [0.29, 0.717) is 29.7 Å². The number of rotatable bonds is 3. The summed E-state index contributed by atoms with van der Waals surface area (Å²) < 4.78 is 34.1. The van der Waals surface area contributed by atoms with Crippen molar-refractivity contribution in [2.45, 2.75) is 12.3 Å². The van der Waals surface area contributed by atoms with Crippen molar-refractivity contribution in [3.05, 3.63) is 29.3 Å². The fraction of sp³-hybridized carbons (Fsp3) is 0.417. The molecule has 3 N–H and O–H groups in total. The van der Waals surface area contributed by atoms with E-state index in [9.17, 15) is 8.42 Å². The van der Waals surface area contributed by atoms with Crippen LogP contribution in [0.15, 0.2) is 22.6 Å². The Bertz CT molecular complexity index is 654. The monoisotopic (exact) mass is 281 g/mol. The van der Waals surface area contributed by atoms with Crippen molar-refractivity contribution in [3.8, 4) is 0 Å². The SMILES string of the molecule is COC[C@H]1C[C@@H]1c1cccc2c1C(N)=NS(=O)(=O)N2. The van der Waals surface area contributed by atoms with Gasteiger partial charge in [-0.15, -0.1) is 4.40 Å². The largest absolute Gasteiger partial charge is 0.384 e. The second-order valence-electron chi connectivity index (χ2n) is 4.88. The van der Waals surface area contributed by atoms with Gasteiger partial charge in [-0.05, 0) is 29.9 Å². The maximum atomic E-state index is 11.5. The Morgan fingerprint density at radius 3 is 3.05 bits per heavy atom. The summed E-state index contributed by atoms with van der Waals surface area (Å²) in [7, 11) is -2.02. The number of amidine groups is 1. The molecule has 6 nitrogen and oxygen atoms in total. The van der Waals surface area contributed by atoms with Gasteiger partial charge in [-0.2, -0.15) is 8.42 Å². The summed E-state index contributed by atoms with van der Waals surface area (Å²) >= 11 is 0. The molecule has 1 fully saturated rings. The second kappa shape index (κ2) is 4.21. The molecular weight excluding hydrogens is 266 g/mol. The quantitative estimate of drug-likeness (QED) is 0.857. The first-order valence-electron chi connectivity index (χ1n) is 6.02. The highest BCUT2D eigenvalue weighted by Crippen LogP contribution is 2.49. The highest BCUT2D eigenvalue weighted by molar-refractivity contribution is 7.91. The van der Waals surface area contributed by atoms with E-state index in [1.54, 1.807) is 13.2 Å². The molecule has 1 aromatic carbocycles. The molecule has 0 aromatic heterocycles. The molecular formula is C12H15N3O3S. The van der Waals surface area contributed by atoms with Crippen molar-refractivity contribution in [2.75, 3.05) is 18.4 Å². The first kappa shape index (κ1) is 12.4. The van der Waals surface area contributed by atoms with Gasteiger partial charge in [0.15, 0.2) is 0 Å². The third kappa shape index (κ3) is 2.19. The molecule has 2 aliphatic rings. The zero-order valence-electron chi connectivity index (χ0n) is 10.5. The fourth-order valence-electron chi connectivity index (χ4n) is 2.61. The highest BCUT2D eigenvalue weighted by Gasteiger charge is 2.41. The zero-order valence-corrected chi connectivity index (χ0v) is 11.3. The Labute approximate surface area is 111 Å². The predicted octanol–water partition coefficient (Wildman–Crippen LogP) is 0.812. The molecule has 0 radical (unpaired) electrons. The van der Waals surface area contributed by atoms with E-state index >= 15 is 0 Å². The van der Waals surface area contributed by atoms with Crippen molar-refractivity contribution in [1.29, 1.82) is 0 Å². The van der Waals surface area contributed by atoms with Crippen LogP contribution in [0.5, 0.6) is 0 Å². The lowest BCUT2D eigenvalue weighted by Gasteiger charge is -2.19. The molecule has 0 spiro atoms. The molecule has 1 aliphatic carbocycles. The average molecular weight is 281 g/mol. The maximum Gasteiger partial charge on any atom is 0.344 e. The molecule has 0 saturated heterocycles. The van der Waals surface area contributed by atoms with Crippen LogP contribution in [0.1, 0.15) is 23.5 Å². The number of fused-ring (bicyclic) bond motifs is 1. The summed E-state index contributed by atoms with van der Waals surface area (Å²) in [5.74, 6) is 0.904. The van der Waals surface area contributed by atoms with Crippen LogP contribution in [0.2, 0.25) is 0 Å². The average Bonchev–Trinajstić information content (AvgIpc) is 3.06. The molecule has 0 amide bonds. The number of hydrogen-bond acceptors (Lipinski definition) is 4. The van der Waals surface area contributed by atoms with Crippen LogP contribution in [0.4, 0.5) is 5.69 Å². The number of hydrogen-bond donors (Lipinski definition) is 2. The number of nitrogens with zero attached hydrogens (tertiary/aromatic N) is 1. The molecule has 1 aliphatic heterocycles. The van der Waals surface area contributed by atoms with Crippen LogP contribution in [-0.4, -0.2) is 28.0 Å². The minimum absolute atomic E-state index is 0.0624. The fourth-order valence-corrected chi connectivity index (χ4v) is 3.46. The van der Waals surface area contributed by atoms with Gasteiger partial charge in [0, 0.05) is 19.3 Å². The topological polar surface area (TPSA) is 93.8 Å². The summed E-state index contributed by atoms with van der Waals surface area (Å²) in [6.45, 7) is 0.705. The van der Waals surface area contributed by atoms with Crippen molar-refractivity contribution < 1.29 is 13.2 Å². The smallest absolute Gasteiger partial charge is 0.344 e. The Balaban J connectivity index is 2.02. The Kier molecular flexibility index (Phi) is 2.75. The number of anilines is 1. The number of methoxy groups -OCH3 is 1. The van der Waals surface area contributed by atoms with E-state index in [4.69, 9.17) is 10.5 Å². The van der Waals surface area contributed by atoms with E-state index in [-0.39, 0.29) is 5.84 Å². The second-order valence-corrected chi connectivity index (χ2v) is 6.22. The van der Waals surface area contributed by atoms with Crippen LogP contribution >= 0.6 is 0 Å². The van der Waals surface area contributed by atoms with Gasteiger partial charge >= 0.3 is 10.2 Å². The minimum atomic E-state index is -3.70. The maximum absolute atomic E-state index is 11.5. The van der Waals surface area contributed by atoms with Gasteiger partial charge in [0.25, 0.3) is 0 Å². The molecule has 19 heavy (non-hydrogen) atoms. The van der Waals surface area contributed by atoms with Crippen LogP contribution in [0, 0.1) is 5.92 Å². The summed E-state index contributed by atoms with van der Waals surface area (Å²) in [6.07, 6.45) is 1.03. The molecule has 0 unspecified atom stereocenters. The number of ether oxygens (including phenoxy) is 1. The lowest BCUT2D eigenvalue weighted by molar-refractivity contribution is 0.184. The predicted molar refractivity (Wildman–Crippen MR) is 72.4 cm³/mol. The molecule has 2 atom stereocenters. The Hall–Kier alpha value is -1.60. The Morgan fingerprint density at radius 1 is 1.53 bits per heavy atom. The molecule has 102 valence electrons. The molecule has 1 saturated carbocycles. The Morgan fingerprint density at radius 2 is 2.32 bits per heavy atom. The van der Waals surface area contributed by atoms with Crippen LogP contribution in [-0.2, 0) is 14.9 Å². The normalized spacial score (nSPS) is 27.1. The van der Waals surface area contributed by atoms with E-state index in [1.807, 2.05) is 12.1 Å². The van der Waals surface area contributed by atoms with Gasteiger partial charge in [-0.1, -0.05) is 12.1 Å².